The monoisotopic (exact) mass is 355 g/mol. The third-order valence-electron chi connectivity index (χ3n) is 4.41. The van der Waals surface area contributed by atoms with E-state index < -0.39 is 12.4 Å². The Morgan fingerprint density at radius 2 is 2.00 bits per heavy atom. The number of ether oxygens (including phenoxy) is 2. The number of amides is 1. The zero-order valence-electron chi connectivity index (χ0n) is 14.6. The van der Waals surface area contributed by atoms with Crippen molar-refractivity contribution in [1.29, 1.82) is 0 Å². The second-order valence-corrected chi connectivity index (χ2v) is 6.03. The molecule has 0 radical (unpaired) electrons. The highest BCUT2D eigenvalue weighted by molar-refractivity contribution is 6.02. The Balaban J connectivity index is 1.75. The second-order valence-electron chi connectivity index (χ2n) is 6.03. The molecule has 3 rings (SSSR count). The molecule has 0 saturated heterocycles. The lowest BCUT2D eigenvalue weighted by Gasteiger charge is -2.20. The third-order valence-corrected chi connectivity index (χ3v) is 4.41. The highest BCUT2D eigenvalue weighted by Gasteiger charge is 2.24. The van der Waals surface area contributed by atoms with Gasteiger partial charge in [-0.05, 0) is 42.3 Å². The Labute approximate surface area is 152 Å². The lowest BCUT2D eigenvalue weighted by atomic mass is 10.1. The fourth-order valence-electron chi connectivity index (χ4n) is 2.90. The number of nitrogens with zero attached hydrogens (tertiary/aromatic N) is 1. The van der Waals surface area contributed by atoms with Crippen LogP contribution in [0.4, 0.5) is 0 Å². The fourth-order valence-corrected chi connectivity index (χ4v) is 2.90. The van der Waals surface area contributed by atoms with Crippen molar-refractivity contribution in [2.24, 2.45) is 0 Å². The topological polar surface area (TPSA) is 76.1 Å². The van der Waals surface area contributed by atoms with E-state index >= 15 is 0 Å². The molecule has 136 valence electrons. The number of aliphatic hydroxyl groups is 1. The Kier molecular flexibility index (Phi) is 5.53. The molecular weight excluding hydrogens is 334 g/mol. The van der Waals surface area contributed by atoms with Crippen LogP contribution in [0.3, 0.4) is 0 Å². The number of rotatable bonds is 6. The van der Waals surface area contributed by atoms with E-state index in [-0.39, 0.29) is 5.91 Å². The van der Waals surface area contributed by atoms with E-state index in [9.17, 15) is 9.59 Å². The molecule has 0 aromatic heterocycles. The molecule has 0 spiro atoms. The van der Waals surface area contributed by atoms with Gasteiger partial charge in [0.2, 0.25) is 0 Å². The fraction of sp³-hybridized carbons (Fsp3) is 0.300. The van der Waals surface area contributed by atoms with Crippen molar-refractivity contribution >= 4 is 11.7 Å². The molecule has 0 unspecified atom stereocenters. The average molecular weight is 355 g/mol. The molecule has 26 heavy (non-hydrogen) atoms. The van der Waals surface area contributed by atoms with Crippen molar-refractivity contribution in [3.8, 4) is 11.5 Å². The number of benzene rings is 2. The van der Waals surface area contributed by atoms with Gasteiger partial charge in [-0.15, -0.1) is 0 Å². The molecular formula is C20H21NO5. The van der Waals surface area contributed by atoms with Gasteiger partial charge in [0, 0.05) is 12.1 Å². The molecule has 1 amide bonds. The highest BCUT2D eigenvalue weighted by atomic mass is 16.5. The molecule has 1 heterocycles. The second kappa shape index (κ2) is 8.01. The molecule has 0 saturated carbocycles. The lowest BCUT2D eigenvalue weighted by molar-refractivity contribution is 0.0757. The van der Waals surface area contributed by atoms with Crippen LogP contribution in [0.5, 0.6) is 11.5 Å². The first-order chi connectivity index (χ1) is 12.6. The largest absolute Gasteiger partial charge is 0.497 e. The molecule has 1 aliphatic rings. The smallest absolute Gasteiger partial charge is 0.257 e. The number of carbonyl (C=O) groups is 2. The average Bonchev–Trinajstić information content (AvgIpc) is 2.84. The Bertz CT molecular complexity index is 800. The maximum Gasteiger partial charge on any atom is 0.257 e. The van der Waals surface area contributed by atoms with E-state index in [4.69, 9.17) is 14.6 Å². The highest BCUT2D eigenvalue weighted by Crippen LogP contribution is 2.25. The summed E-state index contributed by atoms with van der Waals surface area (Å²) in [5.41, 5.74) is 1.77. The minimum atomic E-state index is -0.588. The zero-order valence-corrected chi connectivity index (χ0v) is 14.6. The number of hydrogen-bond acceptors (Lipinski definition) is 5. The molecule has 0 aliphatic carbocycles. The first kappa shape index (κ1) is 17.9. The van der Waals surface area contributed by atoms with E-state index in [0.717, 1.165) is 11.3 Å². The summed E-state index contributed by atoms with van der Waals surface area (Å²) in [6.45, 7) is 0.836. The predicted octanol–water partition coefficient (Wildman–Crippen LogP) is 1.95. The minimum Gasteiger partial charge on any atom is -0.497 e. The predicted molar refractivity (Wildman–Crippen MR) is 96.0 cm³/mol. The van der Waals surface area contributed by atoms with Gasteiger partial charge in [0.05, 0.1) is 19.2 Å². The van der Waals surface area contributed by atoms with Crippen molar-refractivity contribution in [2.75, 3.05) is 33.4 Å². The van der Waals surface area contributed by atoms with Gasteiger partial charge >= 0.3 is 0 Å². The van der Waals surface area contributed by atoms with Crippen LogP contribution in [0.2, 0.25) is 0 Å². The molecule has 0 atom stereocenters. The van der Waals surface area contributed by atoms with Crippen LogP contribution in [0.1, 0.15) is 26.3 Å². The summed E-state index contributed by atoms with van der Waals surface area (Å²) >= 11 is 0. The number of hydrogen-bond donors (Lipinski definition) is 1. The summed E-state index contributed by atoms with van der Waals surface area (Å²) < 4.78 is 10.8. The van der Waals surface area contributed by atoms with Gasteiger partial charge in [0.1, 0.15) is 24.7 Å². The maximum absolute atomic E-state index is 12.9. The Hall–Kier alpha value is -2.86. The van der Waals surface area contributed by atoms with Gasteiger partial charge < -0.3 is 19.5 Å². The molecule has 1 aliphatic heterocycles. The number of Topliss-reactive ketones (excluding diaryl/α,β-unsaturated/α-hetero) is 1. The van der Waals surface area contributed by atoms with Crippen LogP contribution in [-0.4, -0.2) is 55.1 Å². The molecule has 0 fully saturated rings. The SMILES string of the molecule is COc1ccc(CCN2CCOc3ccc(C(=O)CO)cc3C2=O)cc1. The summed E-state index contributed by atoms with van der Waals surface area (Å²) in [5, 5.41) is 9.03. The molecule has 0 bridgehead atoms. The van der Waals surface area contributed by atoms with Crippen molar-refractivity contribution in [2.45, 2.75) is 6.42 Å². The van der Waals surface area contributed by atoms with Gasteiger partial charge in [-0.25, -0.2) is 0 Å². The van der Waals surface area contributed by atoms with Gasteiger partial charge in [0.25, 0.3) is 5.91 Å². The van der Waals surface area contributed by atoms with Crippen LogP contribution in [0.25, 0.3) is 0 Å². The van der Waals surface area contributed by atoms with Gasteiger partial charge in [-0.3, -0.25) is 9.59 Å². The van der Waals surface area contributed by atoms with Crippen molar-refractivity contribution in [1.82, 2.24) is 4.90 Å². The zero-order chi connectivity index (χ0) is 18.5. The quantitative estimate of drug-likeness (QED) is 0.802. The van der Waals surface area contributed by atoms with E-state index in [1.54, 1.807) is 24.1 Å². The van der Waals surface area contributed by atoms with Gasteiger partial charge in [-0.2, -0.15) is 0 Å². The van der Waals surface area contributed by atoms with Crippen LogP contribution in [0.15, 0.2) is 42.5 Å². The summed E-state index contributed by atoms with van der Waals surface area (Å²) in [7, 11) is 1.62. The van der Waals surface area contributed by atoms with E-state index in [0.29, 0.717) is 43.0 Å². The van der Waals surface area contributed by atoms with Gasteiger partial charge in [-0.1, -0.05) is 12.1 Å². The molecule has 1 N–H and O–H groups in total. The summed E-state index contributed by atoms with van der Waals surface area (Å²) in [5.74, 6) is 0.674. The first-order valence-corrected chi connectivity index (χ1v) is 8.45. The van der Waals surface area contributed by atoms with Crippen LogP contribution in [-0.2, 0) is 6.42 Å². The van der Waals surface area contributed by atoms with Crippen LogP contribution >= 0.6 is 0 Å². The van der Waals surface area contributed by atoms with Crippen molar-refractivity contribution in [3.63, 3.8) is 0 Å². The third kappa shape index (κ3) is 3.86. The van der Waals surface area contributed by atoms with Crippen LogP contribution in [0, 0.1) is 0 Å². The van der Waals surface area contributed by atoms with E-state index in [1.165, 1.54) is 6.07 Å². The van der Waals surface area contributed by atoms with E-state index in [2.05, 4.69) is 0 Å². The standard InChI is InChI=1S/C20H21NO5/c1-25-16-5-2-14(3-6-16)8-9-21-10-11-26-19-7-4-15(18(23)13-22)12-17(19)20(21)24/h2-7,12,22H,8-11,13H2,1H3. The Morgan fingerprint density at radius 3 is 2.69 bits per heavy atom. The number of carbonyl (C=O) groups excluding carboxylic acids is 2. The molecule has 6 heteroatoms. The first-order valence-electron chi connectivity index (χ1n) is 8.45. The van der Waals surface area contributed by atoms with E-state index in [1.807, 2.05) is 24.3 Å². The molecule has 6 nitrogen and oxygen atoms in total. The number of ketones is 1. The maximum atomic E-state index is 12.9. The van der Waals surface area contributed by atoms with Gasteiger partial charge in [0.15, 0.2) is 5.78 Å². The van der Waals surface area contributed by atoms with Crippen LogP contribution < -0.4 is 9.47 Å². The Morgan fingerprint density at radius 1 is 1.23 bits per heavy atom. The van der Waals surface area contributed by atoms with Crippen molar-refractivity contribution in [3.05, 3.63) is 59.2 Å². The molecule has 2 aromatic carbocycles. The number of aliphatic hydroxyl groups excluding tert-OH is 1. The summed E-state index contributed by atoms with van der Waals surface area (Å²) in [6.07, 6.45) is 0.709. The number of methoxy groups -OCH3 is 1. The lowest BCUT2D eigenvalue weighted by Crippen LogP contribution is -2.34. The summed E-state index contributed by atoms with van der Waals surface area (Å²) in [4.78, 5) is 26.3. The number of fused-ring (bicyclic) bond motifs is 1. The summed E-state index contributed by atoms with van der Waals surface area (Å²) in [6, 6.07) is 12.4. The molecule has 2 aromatic rings. The minimum absolute atomic E-state index is 0.168. The normalized spacial score (nSPS) is 13.6. The van der Waals surface area contributed by atoms with Crippen molar-refractivity contribution < 1.29 is 24.2 Å².